The number of halogens is 4. The van der Waals surface area contributed by atoms with E-state index >= 15 is 0 Å². The fourth-order valence-electron chi connectivity index (χ4n) is 3.25. The SMILES string of the molecule is O=C(Nc1ccc(Cl)c(Cl)c1)N1CCN(c2ccc(-c3ccc(Cl)cc3Cl)nn2)CC1. The molecular formula is C21H17Cl4N5O. The van der Waals surface area contributed by atoms with Gasteiger partial charge in [-0.15, -0.1) is 10.2 Å². The lowest BCUT2D eigenvalue weighted by molar-refractivity contribution is 0.208. The lowest BCUT2D eigenvalue weighted by atomic mass is 10.1. The van der Waals surface area contributed by atoms with Crippen LogP contribution < -0.4 is 10.2 Å². The molecule has 0 bridgehead atoms. The summed E-state index contributed by atoms with van der Waals surface area (Å²) in [5.41, 5.74) is 2.04. The topological polar surface area (TPSA) is 61.4 Å². The number of piperazine rings is 1. The Bertz CT molecular complexity index is 1100. The van der Waals surface area contributed by atoms with E-state index in [1.54, 1.807) is 35.2 Å². The van der Waals surface area contributed by atoms with Crippen molar-refractivity contribution in [2.75, 3.05) is 36.4 Å². The van der Waals surface area contributed by atoms with Crippen molar-refractivity contribution in [1.29, 1.82) is 0 Å². The van der Waals surface area contributed by atoms with Crippen LogP contribution in [0.1, 0.15) is 0 Å². The molecule has 2 aromatic carbocycles. The molecule has 6 nitrogen and oxygen atoms in total. The number of carbonyl (C=O) groups is 1. The highest BCUT2D eigenvalue weighted by molar-refractivity contribution is 6.42. The highest BCUT2D eigenvalue weighted by Gasteiger charge is 2.22. The Balaban J connectivity index is 1.36. The number of nitrogens with zero attached hydrogens (tertiary/aromatic N) is 4. The molecule has 0 radical (unpaired) electrons. The smallest absolute Gasteiger partial charge is 0.321 e. The molecule has 31 heavy (non-hydrogen) atoms. The van der Waals surface area contributed by atoms with Gasteiger partial charge in [0.25, 0.3) is 0 Å². The number of hydrogen-bond donors (Lipinski definition) is 1. The van der Waals surface area contributed by atoms with Gasteiger partial charge in [-0.05, 0) is 48.5 Å². The fraction of sp³-hybridized carbons (Fsp3) is 0.190. The second kappa shape index (κ2) is 9.49. The number of nitrogens with one attached hydrogen (secondary N) is 1. The molecule has 1 fully saturated rings. The first-order valence-corrected chi connectivity index (χ1v) is 11.0. The first kappa shape index (κ1) is 22.0. The van der Waals surface area contributed by atoms with E-state index in [9.17, 15) is 4.79 Å². The standard InChI is InChI=1S/C21H17Cl4N5O/c22-13-1-3-15(17(24)11-13)19-5-6-20(28-27-19)29-7-9-30(10-8-29)21(31)26-14-2-4-16(23)18(25)12-14/h1-6,11-12H,7-10H2,(H,26,31). The third-order valence-electron chi connectivity index (χ3n) is 4.92. The van der Waals surface area contributed by atoms with Gasteiger partial charge in [0, 0.05) is 42.5 Å². The van der Waals surface area contributed by atoms with Gasteiger partial charge in [0.2, 0.25) is 0 Å². The van der Waals surface area contributed by atoms with Crippen LogP contribution in [0.25, 0.3) is 11.3 Å². The number of anilines is 2. The summed E-state index contributed by atoms with van der Waals surface area (Å²) in [5.74, 6) is 0.748. The number of benzene rings is 2. The van der Waals surface area contributed by atoms with E-state index in [1.807, 2.05) is 18.2 Å². The minimum Gasteiger partial charge on any atom is -0.352 e. The van der Waals surface area contributed by atoms with Crippen LogP contribution in [0.3, 0.4) is 0 Å². The summed E-state index contributed by atoms with van der Waals surface area (Å²) in [4.78, 5) is 16.4. The molecular weight excluding hydrogens is 480 g/mol. The van der Waals surface area contributed by atoms with E-state index in [0.717, 1.165) is 11.4 Å². The zero-order valence-electron chi connectivity index (χ0n) is 16.2. The molecule has 1 aromatic heterocycles. The van der Waals surface area contributed by atoms with Gasteiger partial charge in [0.1, 0.15) is 0 Å². The number of urea groups is 1. The van der Waals surface area contributed by atoms with E-state index in [1.165, 1.54) is 0 Å². The Morgan fingerprint density at radius 3 is 2.23 bits per heavy atom. The molecule has 1 aliphatic rings. The van der Waals surface area contributed by atoms with Crippen LogP contribution in [-0.4, -0.2) is 47.3 Å². The van der Waals surface area contributed by atoms with Gasteiger partial charge in [0.05, 0.1) is 20.8 Å². The summed E-state index contributed by atoms with van der Waals surface area (Å²) in [5, 5.41) is 13.4. The molecule has 160 valence electrons. The zero-order chi connectivity index (χ0) is 22.0. The van der Waals surface area contributed by atoms with Crippen LogP contribution >= 0.6 is 46.4 Å². The molecule has 1 N–H and O–H groups in total. The number of rotatable bonds is 3. The summed E-state index contributed by atoms with van der Waals surface area (Å²) >= 11 is 24.1. The molecule has 0 saturated carbocycles. The maximum absolute atomic E-state index is 12.5. The maximum atomic E-state index is 12.5. The van der Waals surface area contributed by atoms with Crippen LogP contribution in [0.2, 0.25) is 20.1 Å². The van der Waals surface area contributed by atoms with Crippen LogP contribution in [-0.2, 0) is 0 Å². The van der Waals surface area contributed by atoms with Crippen molar-refractivity contribution >= 4 is 63.9 Å². The number of hydrogen-bond acceptors (Lipinski definition) is 4. The van der Waals surface area contributed by atoms with Gasteiger partial charge in [0.15, 0.2) is 5.82 Å². The predicted molar refractivity (Wildman–Crippen MR) is 127 cm³/mol. The van der Waals surface area contributed by atoms with Gasteiger partial charge in [-0.25, -0.2) is 4.79 Å². The number of amides is 2. The van der Waals surface area contributed by atoms with E-state index in [-0.39, 0.29) is 6.03 Å². The highest BCUT2D eigenvalue weighted by atomic mass is 35.5. The first-order valence-electron chi connectivity index (χ1n) is 9.46. The minimum absolute atomic E-state index is 0.183. The molecule has 0 spiro atoms. The highest BCUT2D eigenvalue weighted by Crippen LogP contribution is 2.29. The van der Waals surface area contributed by atoms with Crippen molar-refractivity contribution < 1.29 is 4.79 Å². The van der Waals surface area contributed by atoms with Crippen molar-refractivity contribution in [3.63, 3.8) is 0 Å². The van der Waals surface area contributed by atoms with Crippen LogP contribution in [0.5, 0.6) is 0 Å². The summed E-state index contributed by atoms with van der Waals surface area (Å²) in [6.45, 7) is 2.40. The van der Waals surface area contributed by atoms with E-state index in [0.29, 0.717) is 57.7 Å². The Kier molecular flexibility index (Phi) is 6.72. The largest absolute Gasteiger partial charge is 0.352 e. The van der Waals surface area contributed by atoms with Crippen molar-refractivity contribution in [3.05, 3.63) is 68.6 Å². The van der Waals surface area contributed by atoms with Gasteiger partial charge in [-0.2, -0.15) is 0 Å². The second-order valence-electron chi connectivity index (χ2n) is 6.93. The molecule has 4 rings (SSSR count). The average Bonchev–Trinajstić information content (AvgIpc) is 2.77. The molecule has 2 amide bonds. The summed E-state index contributed by atoms with van der Waals surface area (Å²) < 4.78 is 0. The quantitative estimate of drug-likeness (QED) is 0.475. The van der Waals surface area contributed by atoms with E-state index < -0.39 is 0 Å². The van der Waals surface area contributed by atoms with Crippen molar-refractivity contribution in [3.8, 4) is 11.3 Å². The summed E-state index contributed by atoms with van der Waals surface area (Å²) in [6, 6.07) is 13.8. The normalized spacial score (nSPS) is 13.9. The van der Waals surface area contributed by atoms with Gasteiger partial charge in [-0.1, -0.05) is 46.4 Å². The zero-order valence-corrected chi connectivity index (χ0v) is 19.2. The van der Waals surface area contributed by atoms with Gasteiger partial charge >= 0.3 is 6.03 Å². The molecule has 3 aromatic rings. The lowest BCUT2D eigenvalue weighted by Gasteiger charge is -2.35. The summed E-state index contributed by atoms with van der Waals surface area (Å²) in [6.07, 6.45) is 0. The lowest BCUT2D eigenvalue weighted by Crippen LogP contribution is -2.50. The third kappa shape index (κ3) is 5.15. The predicted octanol–water partition coefficient (Wildman–Crippen LogP) is 6.11. The van der Waals surface area contributed by atoms with E-state index in [4.69, 9.17) is 46.4 Å². The number of carbonyl (C=O) groups excluding carboxylic acids is 1. The Morgan fingerprint density at radius 1 is 0.806 bits per heavy atom. The fourth-order valence-corrected chi connectivity index (χ4v) is 4.05. The molecule has 10 heteroatoms. The molecule has 0 atom stereocenters. The van der Waals surface area contributed by atoms with Crippen LogP contribution in [0.4, 0.5) is 16.3 Å². The Labute approximate surface area is 199 Å². The third-order valence-corrected chi connectivity index (χ3v) is 6.21. The van der Waals surface area contributed by atoms with Crippen molar-refractivity contribution in [2.45, 2.75) is 0 Å². The molecule has 0 aliphatic carbocycles. The van der Waals surface area contributed by atoms with Gasteiger partial charge in [-0.3, -0.25) is 0 Å². The molecule has 1 aliphatic heterocycles. The second-order valence-corrected chi connectivity index (χ2v) is 8.59. The Hall–Kier alpha value is -2.25. The maximum Gasteiger partial charge on any atom is 0.321 e. The van der Waals surface area contributed by atoms with Crippen molar-refractivity contribution in [1.82, 2.24) is 15.1 Å². The average molecular weight is 497 g/mol. The van der Waals surface area contributed by atoms with Crippen molar-refractivity contribution in [2.24, 2.45) is 0 Å². The van der Waals surface area contributed by atoms with Crippen LogP contribution in [0, 0.1) is 0 Å². The Morgan fingerprint density at radius 2 is 1.58 bits per heavy atom. The first-order chi connectivity index (χ1) is 14.9. The number of aromatic nitrogens is 2. The molecule has 1 saturated heterocycles. The minimum atomic E-state index is -0.183. The van der Waals surface area contributed by atoms with Gasteiger partial charge < -0.3 is 15.1 Å². The summed E-state index contributed by atoms with van der Waals surface area (Å²) in [7, 11) is 0. The monoisotopic (exact) mass is 495 g/mol. The van der Waals surface area contributed by atoms with E-state index in [2.05, 4.69) is 20.4 Å². The van der Waals surface area contributed by atoms with Crippen LogP contribution in [0.15, 0.2) is 48.5 Å². The molecule has 0 unspecified atom stereocenters. The molecule has 2 heterocycles.